The van der Waals surface area contributed by atoms with Crippen molar-refractivity contribution < 1.29 is 29.0 Å². The molecule has 3 saturated heterocycles. The van der Waals surface area contributed by atoms with Crippen LogP contribution in [0.4, 0.5) is 5.69 Å². The summed E-state index contributed by atoms with van der Waals surface area (Å²) in [5.41, 5.74) is 1.48. The van der Waals surface area contributed by atoms with Gasteiger partial charge in [0.2, 0.25) is 5.91 Å². The lowest BCUT2D eigenvalue weighted by Crippen LogP contribution is -2.59. The topological polar surface area (TPSA) is 96.4 Å². The molecule has 1 aromatic rings. The molecular weight excluding hydrogens is 520 g/mol. The average Bonchev–Trinajstić information content (AvgIpc) is 3.58. The molecule has 224 valence electrons. The first-order valence-electron chi connectivity index (χ1n) is 15.0. The third kappa shape index (κ3) is 5.61. The Morgan fingerprint density at radius 2 is 1.93 bits per heavy atom. The number of rotatable bonds is 14. The highest BCUT2D eigenvalue weighted by Crippen LogP contribution is 2.59. The summed E-state index contributed by atoms with van der Waals surface area (Å²) in [5, 5.41) is 10.5. The van der Waals surface area contributed by atoms with E-state index in [9.17, 15) is 19.5 Å². The van der Waals surface area contributed by atoms with Gasteiger partial charge in [0.15, 0.2) is 0 Å². The lowest BCUT2D eigenvalue weighted by molar-refractivity contribution is -0.156. The summed E-state index contributed by atoms with van der Waals surface area (Å²) in [6.07, 6.45) is 7.01. The highest BCUT2D eigenvalue weighted by Gasteiger charge is 2.75. The molecule has 41 heavy (non-hydrogen) atoms. The number of unbranched alkanes of at least 4 members (excludes halogenated alkanes) is 2. The van der Waals surface area contributed by atoms with Gasteiger partial charge in [-0.25, -0.2) is 0 Å². The fourth-order valence-corrected chi connectivity index (χ4v) is 7.31. The minimum Gasteiger partial charge on any atom is -0.465 e. The Morgan fingerprint density at radius 3 is 2.54 bits per heavy atom. The van der Waals surface area contributed by atoms with Crippen LogP contribution in [0.1, 0.15) is 63.5 Å². The van der Waals surface area contributed by atoms with Crippen LogP contribution in [0.15, 0.2) is 43.5 Å². The number of ether oxygens (including phenoxy) is 2. The number of nitrogens with zero attached hydrogens (tertiary/aromatic N) is 2. The maximum absolute atomic E-state index is 14.8. The van der Waals surface area contributed by atoms with Crippen molar-refractivity contribution in [3.05, 3.63) is 54.6 Å². The summed E-state index contributed by atoms with van der Waals surface area (Å²) in [7, 11) is 0. The second-order valence-corrected chi connectivity index (χ2v) is 12.2. The summed E-state index contributed by atoms with van der Waals surface area (Å²) in [5.74, 6) is -2.46. The molecule has 3 heterocycles. The van der Waals surface area contributed by atoms with Crippen molar-refractivity contribution in [1.29, 1.82) is 0 Å². The molecule has 8 nitrogen and oxygen atoms in total. The van der Waals surface area contributed by atoms with E-state index in [0.717, 1.165) is 29.7 Å². The number of para-hydroxylation sites is 1. The lowest BCUT2D eigenvalue weighted by Gasteiger charge is -2.40. The van der Waals surface area contributed by atoms with E-state index in [4.69, 9.17) is 9.47 Å². The van der Waals surface area contributed by atoms with Crippen LogP contribution in [0.25, 0.3) is 0 Å². The number of allylic oxidation sites excluding steroid dienone is 1. The average molecular weight is 567 g/mol. The molecule has 8 heteroatoms. The summed E-state index contributed by atoms with van der Waals surface area (Å²) < 4.78 is 12.3. The molecule has 0 saturated carbocycles. The van der Waals surface area contributed by atoms with Gasteiger partial charge in [-0.2, -0.15) is 0 Å². The fourth-order valence-electron chi connectivity index (χ4n) is 7.31. The maximum Gasteiger partial charge on any atom is 0.312 e. The van der Waals surface area contributed by atoms with E-state index < -0.39 is 41.6 Å². The summed E-state index contributed by atoms with van der Waals surface area (Å²) >= 11 is 0. The number of esters is 1. The molecule has 3 aliphatic rings. The number of aryl methyl sites for hydroxylation is 2. The largest absolute Gasteiger partial charge is 0.465 e. The second-order valence-electron chi connectivity index (χ2n) is 12.2. The number of amides is 2. The second kappa shape index (κ2) is 12.9. The zero-order valence-corrected chi connectivity index (χ0v) is 25.0. The molecule has 1 N–H and O–H groups in total. The van der Waals surface area contributed by atoms with Crippen LogP contribution in [0, 0.1) is 31.6 Å². The molecule has 3 fully saturated rings. The zero-order chi connectivity index (χ0) is 29.9. The van der Waals surface area contributed by atoms with Crippen LogP contribution in [0.5, 0.6) is 0 Å². The summed E-state index contributed by atoms with van der Waals surface area (Å²) in [6.45, 7) is 15.8. The van der Waals surface area contributed by atoms with Crippen molar-refractivity contribution in [3.63, 3.8) is 0 Å². The highest BCUT2D eigenvalue weighted by molar-refractivity contribution is 6.05. The number of hydrogen-bond donors (Lipinski definition) is 1. The third-order valence-electron chi connectivity index (χ3n) is 8.93. The van der Waals surface area contributed by atoms with E-state index in [0.29, 0.717) is 25.7 Å². The molecule has 0 aromatic heterocycles. The maximum atomic E-state index is 14.8. The Kier molecular flexibility index (Phi) is 9.75. The van der Waals surface area contributed by atoms with E-state index in [-0.39, 0.29) is 37.5 Å². The summed E-state index contributed by atoms with van der Waals surface area (Å²) in [4.78, 5) is 45.8. The molecular formula is C33H46N2O6. The first-order valence-corrected chi connectivity index (χ1v) is 15.0. The summed E-state index contributed by atoms with van der Waals surface area (Å²) in [6, 6.07) is 4.30. The van der Waals surface area contributed by atoms with Crippen LogP contribution in [-0.2, 0) is 23.9 Å². The van der Waals surface area contributed by atoms with Crippen molar-refractivity contribution in [2.24, 2.45) is 17.8 Å². The van der Waals surface area contributed by atoms with Gasteiger partial charge in [-0.15, -0.1) is 13.2 Å². The van der Waals surface area contributed by atoms with Gasteiger partial charge in [-0.05, 0) is 69.4 Å². The number of carbonyl (C=O) groups is 3. The van der Waals surface area contributed by atoms with Gasteiger partial charge in [0.05, 0.1) is 37.2 Å². The highest BCUT2D eigenvalue weighted by atomic mass is 16.6. The number of carbonyl (C=O) groups excluding carboxylic acids is 3. The van der Waals surface area contributed by atoms with Crippen LogP contribution in [-0.4, -0.2) is 71.3 Å². The molecule has 3 aliphatic heterocycles. The first kappa shape index (κ1) is 31.0. The van der Waals surface area contributed by atoms with Gasteiger partial charge in [-0.3, -0.25) is 14.4 Å². The number of likely N-dealkylation sites (tertiary alicyclic amines) is 1. The molecule has 6 atom stereocenters. The molecule has 2 bridgehead atoms. The van der Waals surface area contributed by atoms with E-state index >= 15 is 0 Å². The predicted octanol–water partition coefficient (Wildman–Crippen LogP) is 4.50. The molecule has 2 unspecified atom stereocenters. The molecule has 2 amide bonds. The Labute approximate surface area is 244 Å². The van der Waals surface area contributed by atoms with Gasteiger partial charge >= 0.3 is 5.97 Å². The SMILES string of the molecule is C=CCCCCOC(=O)[C@@H]1[C@@H]2CCC3(O2)C(C(=O)N(CC=C)c2c(C)cccc2C)N([C@@H](CO)CC(C)C)C(=O)[C@H]13. The van der Waals surface area contributed by atoms with Crippen LogP contribution in [0.2, 0.25) is 0 Å². The Hall–Kier alpha value is -2.97. The Morgan fingerprint density at radius 1 is 1.22 bits per heavy atom. The van der Waals surface area contributed by atoms with Crippen LogP contribution >= 0.6 is 0 Å². The molecule has 0 radical (unpaired) electrons. The van der Waals surface area contributed by atoms with Crippen molar-refractivity contribution in [1.82, 2.24) is 4.90 Å². The van der Waals surface area contributed by atoms with Crippen LogP contribution < -0.4 is 4.90 Å². The standard InChI is InChI=1S/C33H46N2O6/c1-7-9-10-11-18-40-32(39)26-25-15-16-33(41-25)27(26)30(37)35(24(20-36)19-21(3)4)29(33)31(38)34(17-8-2)28-22(5)13-12-14-23(28)6/h7-8,12-14,21,24-27,29,36H,1-2,9-11,15-20H2,3-6H3/t24-,25+,26-,27+,29?,33?/m1/s1. The minimum absolute atomic E-state index is 0.171. The Balaban J connectivity index is 1.75. The van der Waals surface area contributed by atoms with Crippen molar-refractivity contribution in [3.8, 4) is 0 Å². The van der Waals surface area contributed by atoms with Gasteiger partial charge in [0, 0.05) is 12.2 Å². The number of hydrogen-bond acceptors (Lipinski definition) is 6. The zero-order valence-electron chi connectivity index (χ0n) is 25.0. The first-order chi connectivity index (χ1) is 19.6. The van der Waals surface area contributed by atoms with Gasteiger partial charge < -0.3 is 24.4 Å². The predicted molar refractivity (Wildman–Crippen MR) is 158 cm³/mol. The van der Waals surface area contributed by atoms with Gasteiger partial charge in [0.1, 0.15) is 11.6 Å². The van der Waals surface area contributed by atoms with E-state index in [1.165, 1.54) is 0 Å². The number of fused-ring (bicyclic) bond motifs is 1. The fraction of sp³-hybridized carbons (Fsp3) is 0.606. The van der Waals surface area contributed by atoms with Crippen LogP contribution in [0.3, 0.4) is 0 Å². The third-order valence-corrected chi connectivity index (χ3v) is 8.93. The minimum atomic E-state index is -1.16. The number of benzene rings is 1. The van der Waals surface area contributed by atoms with Crippen molar-refractivity contribution in [2.45, 2.75) is 90.0 Å². The quantitative estimate of drug-likeness (QED) is 0.202. The van der Waals surface area contributed by atoms with E-state index in [1.807, 2.05) is 52.0 Å². The van der Waals surface area contributed by atoms with Crippen molar-refractivity contribution in [2.75, 3.05) is 24.7 Å². The molecule has 0 aliphatic carbocycles. The number of aliphatic hydroxyl groups is 1. The normalized spacial score (nSPS) is 27.2. The monoisotopic (exact) mass is 566 g/mol. The molecule has 1 aromatic carbocycles. The Bertz CT molecular complexity index is 1140. The van der Waals surface area contributed by atoms with Gasteiger partial charge in [-0.1, -0.05) is 44.2 Å². The molecule has 1 spiro atoms. The van der Waals surface area contributed by atoms with E-state index in [1.54, 1.807) is 15.9 Å². The van der Waals surface area contributed by atoms with Crippen molar-refractivity contribution >= 4 is 23.5 Å². The molecule has 4 rings (SSSR count). The lowest BCUT2D eigenvalue weighted by atomic mass is 9.70. The van der Waals surface area contributed by atoms with E-state index in [2.05, 4.69) is 13.2 Å². The smallest absolute Gasteiger partial charge is 0.312 e. The van der Waals surface area contributed by atoms with Gasteiger partial charge in [0.25, 0.3) is 5.91 Å². The number of aliphatic hydroxyl groups excluding tert-OH is 1. The number of anilines is 1.